The fourth-order valence-electron chi connectivity index (χ4n) is 3.99. The van der Waals surface area contributed by atoms with E-state index < -0.39 is 11.5 Å². The zero-order valence-electron chi connectivity index (χ0n) is 15.7. The number of carbonyl (C=O) groups is 2. The molecule has 6 nitrogen and oxygen atoms in total. The number of thiophene rings is 1. The maximum atomic E-state index is 13.2. The number of nitrogens with zero attached hydrogens (tertiary/aromatic N) is 2. The summed E-state index contributed by atoms with van der Waals surface area (Å²) < 4.78 is 0.954. The lowest BCUT2D eigenvalue weighted by atomic mass is 9.77. The standard InChI is InChI=1S/C20H21BrN4O2S/c1-20(15-10-13(21)11-28-15)17(18(27)24(2)19(22)23-20)12-5-7-14(8-6-12)25-9-3-4-16(25)26/h5-8,10-11,17H,3-4,9H2,1-2H3,(H2,22,23)/t17?,20-/m1/s1. The van der Waals surface area contributed by atoms with Gasteiger partial charge in [-0.15, -0.1) is 11.3 Å². The first kappa shape index (κ1) is 19.1. The van der Waals surface area contributed by atoms with Crippen molar-refractivity contribution >= 4 is 50.7 Å². The smallest absolute Gasteiger partial charge is 0.239 e. The van der Waals surface area contributed by atoms with E-state index in [0.717, 1.165) is 33.6 Å². The van der Waals surface area contributed by atoms with Crippen molar-refractivity contribution in [1.29, 1.82) is 5.41 Å². The van der Waals surface area contributed by atoms with Crippen LogP contribution in [0.2, 0.25) is 0 Å². The second-order valence-electron chi connectivity index (χ2n) is 7.38. The summed E-state index contributed by atoms with van der Waals surface area (Å²) in [6.45, 7) is 2.70. The number of hydrogen-bond donors (Lipinski definition) is 2. The van der Waals surface area contributed by atoms with E-state index in [1.807, 2.05) is 42.6 Å². The average Bonchev–Trinajstić information content (AvgIpc) is 3.29. The van der Waals surface area contributed by atoms with Gasteiger partial charge in [-0.2, -0.15) is 0 Å². The van der Waals surface area contributed by atoms with Gasteiger partial charge in [0.2, 0.25) is 11.8 Å². The molecule has 3 heterocycles. The van der Waals surface area contributed by atoms with E-state index in [2.05, 4.69) is 21.2 Å². The molecule has 2 aliphatic rings. The number of carbonyl (C=O) groups excluding carboxylic acids is 2. The monoisotopic (exact) mass is 460 g/mol. The lowest BCUT2D eigenvalue weighted by molar-refractivity contribution is -0.131. The van der Waals surface area contributed by atoms with Gasteiger partial charge in [-0.1, -0.05) is 12.1 Å². The number of guanidine groups is 1. The maximum absolute atomic E-state index is 13.2. The summed E-state index contributed by atoms with van der Waals surface area (Å²) in [6.07, 6.45) is 1.47. The number of amides is 2. The van der Waals surface area contributed by atoms with Crippen molar-refractivity contribution in [2.45, 2.75) is 31.2 Å². The SMILES string of the molecule is CN1C(=N)N[C@](C)(c2cc(Br)cs2)C(c2ccc(N3CCCC3=O)cc2)C1=O. The minimum absolute atomic E-state index is 0.0903. The average molecular weight is 461 g/mol. The first-order chi connectivity index (χ1) is 13.3. The molecule has 2 aromatic rings. The predicted molar refractivity (Wildman–Crippen MR) is 114 cm³/mol. The van der Waals surface area contributed by atoms with Crippen LogP contribution >= 0.6 is 27.3 Å². The summed E-state index contributed by atoms with van der Waals surface area (Å²) in [7, 11) is 1.62. The minimum Gasteiger partial charge on any atom is -0.345 e. The van der Waals surface area contributed by atoms with Gasteiger partial charge >= 0.3 is 0 Å². The Labute approximate surface area is 176 Å². The van der Waals surface area contributed by atoms with Crippen LogP contribution in [0.4, 0.5) is 5.69 Å². The van der Waals surface area contributed by atoms with E-state index in [4.69, 9.17) is 5.41 Å². The number of nitrogens with one attached hydrogen (secondary N) is 2. The molecule has 8 heteroatoms. The summed E-state index contributed by atoms with van der Waals surface area (Å²) >= 11 is 5.04. The lowest BCUT2D eigenvalue weighted by Crippen LogP contribution is -2.62. The number of hydrogen-bond acceptors (Lipinski definition) is 4. The Bertz CT molecular complexity index is 957. The molecule has 2 N–H and O–H groups in total. The molecule has 28 heavy (non-hydrogen) atoms. The van der Waals surface area contributed by atoms with Crippen molar-refractivity contribution < 1.29 is 9.59 Å². The van der Waals surface area contributed by atoms with Crippen LogP contribution < -0.4 is 10.2 Å². The van der Waals surface area contributed by atoms with E-state index in [1.54, 1.807) is 23.3 Å². The Morgan fingerprint density at radius 3 is 2.57 bits per heavy atom. The van der Waals surface area contributed by atoms with Crippen LogP contribution in [0.15, 0.2) is 40.2 Å². The summed E-state index contributed by atoms with van der Waals surface area (Å²) in [5, 5.41) is 13.4. The van der Waals surface area contributed by atoms with Gasteiger partial charge in [0.05, 0.1) is 11.5 Å². The van der Waals surface area contributed by atoms with E-state index >= 15 is 0 Å². The molecule has 1 aromatic heterocycles. The van der Waals surface area contributed by atoms with Crippen molar-refractivity contribution in [3.05, 3.63) is 50.6 Å². The molecule has 0 radical (unpaired) electrons. The highest BCUT2D eigenvalue weighted by molar-refractivity contribution is 9.10. The maximum Gasteiger partial charge on any atom is 0.239 e. The highest BCUT2D eigenvalue weighted by Gasteiger charge is 2.49. The van der Waals surface area contributed by atoms with E-state index in [9.17, 15) is 9.59 Å². The Morgan fingerprint density at radius 2 is 2.00 bits per heavy atom. The van der Waals surface area contributed by atoms with E-state index in [-0.39, 0.29) is 17.8 Å². The van der Waals surface area contributed by atoms with Crippen LogP contribution in [-0.2, 0) is 15.1 Å². The second-order valence-corrected chi connectivity index (χ2v) is 9.20. The summed E-state index contributed by atoms with van der Waals surface area (Å²) in [6, 6.07) is 9.67. The molecule has 0 aliphatic carbocycles. The van der Waals surface area contributed by atoms with E-state index in [1.165, 1.54) is 4.90 Å². The van der Waals surface area contributed by atoms with Crippen LogP contribution in [0, 0.1) is 5.41 Å². The molecular formula is C20H21BrN4O2S. The Morgan fingerprint density at radius 1 is 1.29 bits per heavy atom. The van der Waals surface area contributed by atoms with Crippen molar-refractivity contribution in [2.75, 3.05) is 18.5 Å². The van der Waals surface area contributed by atoms with Crippen molar-refractivity contribution in [1.82, 2.24) is 10.2 Å². The fourth-order valence-corrected chi connectivity index (χ4v) is 5.56. The quantitative estimate of drug-likeness (QED) is 0.733. The van der Waals surface area contributed by atoms with Gasteiger partial charge in [0, 0.05) is 40.4 Å². The Hall–Kier alpha value is -2.19. The minimum atomic E-state index is -0.734. The molecule has 0 spiro atoms. The molecule has 2 fully saturated rings. The molecule has 2 aliphatic heterocycles. The highest BCUT2D eigenvalue weighted by Crippen LogP contribution is 2.44. The van der Waals surface area contributed by atoms with Gasteiger partial charge in [0.25, 0.3) is 0 Å². The van der Waals surface area contributed by atoms with Gasteiger partial charge in [0.15, 0.2) is 5.96 Å². The molecule has 0 saturated carbocycles. The molecule has 2 amide bonds. The normalized spacial score (nSPS) is 25.4. The van der Waals surface area contributed by atoms with Crippen LogP contribution in [-0.4, -0.2) is 36.3 Å². The molecule has 4 rings (SSSR count). The molecule has 2 atom stereocenters. The van der Waals surface area contributed by atoms with Gasteiger partial charge in [-0.05, 0) is 53.0 Å². The third kappa shape index (κ3) is 3.04. The predicted octanol–water partition coefficient (Wildman–Crippen LogP) is 3.63. The van der Waals surface area contributed by atoms with Crippen LogP contribution in [0.5, 0.6) is 0 Å². The largest absolute Gasteiger partial charge is 0.345 e. The van der Waals surface area contributed by atoms with Crippen LogP contribution in [0.25, 0.3) is 0 Å². The first-order valence-electron chi connectivity index (χ1n) is 9.10. The lowest BCUT2D eigenvalue weighted by Gasteiger charge is -2.45. The number of likely N-dealkylation sites (N-methyl/N-ethyl adjacent to an activating group) is 1. The van der Waals surface area contributed by atoms with Gasteiger partial charge in [0.1, 0.15) is 0 Å². The van der Waals surface area contributed by atoms with Crippen LogP contribution in [0.1, 0.15) is 36.1 Å². The summed E-state index contributed by atoms with van der Waals surface area (Å²) in [4.78, 5) is 29.3. The zero-order chi connectivity index (χ0) is 20.1. The Kier molecular flexibility index (Phi) is 4.79. The topological polar surface area (TPSA) is 76.5 Å². The highest BCUT2D eigenvalue weighted by atomic mass is 79.9. The molecule has 1 aromatic carbocycles. The number of rotatable bonds is 3. The fraction of sp³-hybridized carbons (Fsp3) is 0.350. The van der Waals surface area contributed by atoms with Crippen LogP contribution in [0.3, 0.4) is 0 Å². The number of anilines is 1. The number of benzene rings is 1. The van der Waals surface area contributed by atoms with E-state index in [0.29, 0.717) is 6.42 Å². The molecule has 2 saturated heterocycles. The zero-order valence-corrected chi connectivity index (χ0v) is 18.1. The van der Waals surface area contributed by atoms with Crippen molar-refractivity contribution in [2.24, 2.45) is 0 Å². The Balaban J connectivity index is 1.74. The number of halogens is 1. The van der Waals surface area contributed by atoms with Gasteiger partial charge in [-0.25, -0.2) is 0 Å². The third-order valence-corrected chi connectivity index (χ3v) is 7.49. The molecule has 146 valence electrons. The molecular weight excluding hydrogens is 440 g/mol. The summed E-state index contributed by atoms with van der Waals surface area (Å²) in [5.41, 5.74) is 0.992. The third-order valence-electron chi connectivity index (χ3n) is 5.56. The molecule has 1 unspecified atom stereocenters. The second kappa shape index (κ2) is 7.00. The molecule has 0 bridgehead atoms. The first-order valence-corrected chi connectivity index (χ1v) is 10.8. The van der Waals surface area contributed by atoms with Gasteiger partial charge in [-0.3, -0.25) is 19.9 Å². The van der Waals surface area contributed by atoms with Crippen molar-refractivity contribution in [3.63, 3.8) is 0 Å². The van der Waals surface area contributed by atoms with Gasteiger partial charge < -0.3 is 10.2 Å². The summed E-state index contributed by atoms with van der Waals surface area (Å²) in [5.74, 6) is -0.376. The van der Waals surface area contributed by atoms with Crippen molar-refractivity contribution in [3.8, 4) is 0 Å².